The minimum Gasteiger partial charge on any atom is -0.486 e. The lowest BCUT2D eigenvalue weighted by Gasteiger charge is -2.21. The van der Waals surface area contributed by atoms with Gasteiger partial charge in [-0.2, -0.15) is 5.10 Å². The molecule has 0 atom stereocenters. The maximum Gasteiger partial charge on any atom is 0.162 e. The van der Waals surface area contributed by atoms with Gasteiger partial charge in [-0.1, -0.05) is 6.07 Å². The molecule has 1 aliphatic heterocycles. The maximum absolute atomic E-state index is 9.48. The monoisotopic (exact) mass is 385 g/mol. The van der Waals surface area contributed by atoms with Gasteiger partial charge in [0.25, 0.3) is 0 Å². The molecule has 3 aromatic rings. The molecule has 1 aromatic carbocycles. The first-order valence-corrected chi connectivity index (χ1v) is 9.89. The molecule has 0 aliphatic carbocycles. The number of aryl methyl sites for hydroxylation is 1. The molecule has 1 aliphatic rings. The smallest absolute Gasteiger partial charge is 0.162 e. The van der Waals surface area contributed by atoms with Gasteiger partial charge in [0.1, 0.15) is 13.2 Å². The molecule has 0 saturated carbocycles. The normalized spacial score (nSPS) is 13.3. The summed E-state index contributed by atoms with van der Waals surface area (Å²) >= 11 is 1.73. The lowest BCUT2D eigenvalue weighted by Crippen LogP contribution is -2.25. The van der Waals surface area contributed by atoms with Gasteiger partial charge >= 0.3 is 0 Å². The number of rotatable bonds is 7. The van der Waals surface area contributed by atoms with Gasteiger partial charge in [0.2, 0.25) is 0 Å². The van der Waals surface area contributed by atoms with Crippen LogP contribution >= 0.6 is 11.3 Å². The minimum atomic E-state index is 0.130. The first kappa shape index (κ1) is 18.0. The molecule has 6 nitrogen and oxygen atoms in total. The number of benzene rings is 1. The minimum absolute atomic E-state index is 0.130. The summed E-state index contributed by atoms with van der Waals surface area (Å²) in [6.45, 7) is 3.43. The second kappa shape index (κ2) is 8.12. The number of nitrogens with zero attached hydrogens (tertiary/aromatic N) is 3. The maximum atomic E-state index is 9.48. The number of aliphatic hydroxyl groups excluding tert-OH is 1. The van der Waals surface area contributed by atoms with E-state index in [-0.39, 0.29) is 6.61 Å². The van der Waals surface area contributed by atoms with Crippen molar-refractivity contribution in [2.45, 2.75) is 13.1 Å². The van der Waals surface area contributed by atoms with E-state index < -0.39 is 0 Å². The number of ether oxygens (including phenoxy) is 2. The largest absolute Gasteiger partial charge is 0.486 e. The van der Waals surface area contributed by atoms with Crippen LogP contribution in [0.2, 0.25) is 0 Å². The second-order valence-corrected chi connectivity index (χ2v) is 7.58. The van der Waals surface area contributed by atoms with Crippen LogP contribution < -0.4 is 9.47 Å². The zero-order chi connectivity index (χ0) is 18.6. The van der Waals surface area contributed by atoms with Crippen LogP contribution in [0.3, 0.4) is 0 Å². The SMILES string of the molecule is Cn1cc(CN(CCO)Cc2cccs2)c(-c2ccc3c(c2)OCCO3)n1. The van der Waals surface area contributed by atoms with E-state index in [0.29, 0.717) is 19.8 Å². The Balaban J connectivity index is 1.60. The van der Waals surface area contributed by atoms with Crippen LogP contribution in [-0.2, 0) is 20.1 Å². The molecule has 0 unspecified atom stereocenters. The summed E-state index contributed by atoms with van der Waals surface area (Å²) in [5.74, 6) is 1.54. The highest BCUT2D eigenvalue weighted by Crippen LogP contribution is 2.35. The Labute approximate surface area is 162 Å². The van der Waals surface area contributed by atoms with Crippen molar-refractivity contribution >= 4 is 11.3 Å². The quantitative estimate of drug-likeness (QED) is 0.678. The van der Waals surface area contributed by atoms with Crippen molar-refractivity contribution in [1.29, 1.82) is 0 Å². The highest BCUT2D eigenvalue weighted by molar-refractivity contribution is 7.09. The van der Waals surface area contributed by atoms with Crippen molar-refractivity contribution in [2.24, 2.45) is 7.05 Å². The van der Waals surface area contributed by atoms with E-state index in [1.54, 1.807) is 11.3 Å². The van der Waals surface area contributed by atoms with Crippen LogP contribution in [0, 0.1) is 0 Å². The fourth-order valence-corrected chi connectivity index (χ4v) is 4.05. The van der Waals surface area contributed by atoms with Crippen molar-refractivity contribution in [3.8, 4) is 22.8 Å². The molecular weight excluding hydrogens is 362 g/mol. The number of hydrogen-bond donors (Lipinski definition) is 1. The highest BCUT2D eigenvalue weighted by atomic mass is 32.1. The van der Waals surface area contributed by atoms with Crippen LogP contribution in [0.15, 0.2) is 41.9 Å². The molecule has 1 N–H and O–H groups in total. The van der Waals surface area contributed by atoms with Gasteiger partial charge in [-0.15, -0.1) is 11.3 Å². The summed E-state index contributed by atoms with van der Waals surface area (Å²) in [6.07, 6.45) is 2.05. The van der Waals surface area contributed by atoms with Gasteiger partial charge in [-0.3, -0.25) is 9.58 Å². The molecule has 7 heteroatoms. The second-order valence-electron chi connectivity index (χ2n) is 6.55. The molecule has 0 bridgehead atoms. The molecule has 0 radical (unpaired) electrons. The zero-order valence-corrected chi connectivity index (χ0v) is 16.1. The van der Waals surface area contributed by atoms with Gasteiger partial charge in [-0.25, -0.2) is 0 Å². The molecule has 0 saturated heterocycles. The summed E-state index contributed by atoms with van der Waals surface area (Å²) in [6, 6.07) is 10.1. The van der Waals surface area contributed by atoms with E-state index in [4.69, 9.17) is 9.47 Å². The lowest BCUT2D eigenvalue weighted by atomic mass is 10.1. The predicted octanol–water partition coefficient (Wildman–Crippen LogP) is 2.91. The standard InChI is InChI=1S/C20H23N3O3S/c1-22-12-16(13-23(6-7-24)14-17-3-2-10-27-17)20(21-22)15-4-5-18-19(11-15)26-9-8-25-18/h2-5,10-12,24H,6-9,13-14H2,1H3. The molecule has 142 valence electrons. The Morgan fingerprint density at radius 1 is 1.19 bits per heavy atom. The van der Waals surface area contributed by atoms with Crippen molar-refractivity contribution in [3.05, 3.63) is 52.3 Å². The number of thiophene rings is 1. The average molecular weight is 385 g/mol. The van der Waals surface area contributed by atoms with Gasteiger partial charge in [-0.05, 0) is 29.6 Å². The van der Waals surface area contributed by atoms with E-state index in [9.17, 15) is 5.11 Å². The van der Waals surface area contributed by atoms with Crippen LogP contribution in [0.25, 0.3) is 11.3 Å². The molecule has 3 heterocycles. The van der Waals surface area contributed by atoms with Crippen molar-refractivity contribution < 1.29 is 14.6 Å². The Hall–Kier alpha value is -2.35. The predicted molar refractivity (Wildman–Crippen MR) is 105 cm³/mol. The lowest BCUT2D eigenvalue weighted by molar-refractivity contribution is 0.171. The third-order valence-electron chi connectivity index (χ3n) is 4.49. The number of fused-ring (bicyclic) bond motifs is 1. The summed E-state index contributed by atoms with van der Waals surface area (Å²) in [5, 5.41) is 16.2. The Morgan fingerprint density at radius 2 is 2.04 bits per heavy atom. The molecule has 0 spiro atoms. The fraction of sp³-hybridized carbons (Fsp3) is 0.350. The first-order chi connectivity index (χ1) is 13.2. The number of aromatic nitrogens is 2. The Kier molecular flexibility index (Phi) is 5.42. The molecule has 2 aromatic heterocycles. The summed E-state index contributed by atoms with van der Waals surface area (Å²) in [7, 11) is 1.93. The van der Waals surface area contributed by atoms with Crippen LogP contribution in [0.5, 0.6) is 11.5 Å². The summed E-state index contributed by atoms with van der Waals surface area (Å²) in [4.78, 5) is 3.53. The van der Waals surface area contributed by atoms with E-state index in [0.717, 1.165) is 41.4 Å². The third-order valence-corrected chi connectivity index (χ3v) is 5.35. The molecule has 0 amide bonds. The fourth-order valence-electron chi connectivity index (χ4n) is 3.31. The summed E-state index contributed by atoms with van der Waals surface area (Å²) < 4.78 is 13.2. The molecular formula is C20H23N3O3S. The average Bonchev–Trinajstić information content (AvgIpc) is 3.31. The number of aliphatic hydroxyl groups is 1. The highest BCUT2D eigenvalue weighted by Gasteiger charge is 2.18. The van der Waals surface area contributed by atoms with Crippen LogP contribution in [0.4, 0.5) is 0 Å². The first-order valence-electron chi connectivity index (χ1n) is 9.01. The van der Waals surface area contributed by atoms with E-state index >= 15 is 0 Å². The molecule has 4 rings (SSSR count). The van der Waals surface area contributed by atoms with Gasteiger partial charge < -0.3 is 14.6 Å². The summed E-state index contributed by atoms with van der Waals surface area (Å²) in [5.41, 5.74) is 3.07. The van der Waals surface area contributed by atoms with Gasteiger partial charge in [0.15, 0.2) is 11.5 Å². The van der Waals surface area contributed by atoms with Crippen molar-refractivity contribution in [2.75, 3.05) is 26.4 Å². The Morgan fingerprint density at radius 3 is 2.81 bits per heavy atom. The van der Waals surface area contributed by atoms with E-state index in [1.807, 2.05) is 36.1 Å². The zero-order valence-electron chi connectivity index (χ0n) is 15.3. The Bertz CT molecular complexity index is 892. The van der Waals surface area contributed by atoms with Gasteiger partial charge in [0.05, 0.1) is 12.3 Å². The van der Waals surface area contributed by atoms with E-state index in [2.05, 4.69) is 27.5 Å². The molecule has 27 heavy (non-hydrogen) atoms. The topological polar surface area (TPSA) is 59.8 Å². The number of hydrogen-bond acceptors (Lipinski definition) is 6. The third kappa shape index (κ3) is 4.16. The van der Waals surface area contributed by atoms with Crippen LogP contribution in [-0.4, -0.2) is 46.2 Å². The molecule has 0 fully saturated rings. The van der Waals surface area contributed by atoms with E-state index in [1.165, 1.54) is 4.88 Å². The van der Waals surface area contributed by atoms with Crippen molar-refractivity contribution in [1.82, 2.24) is 14.7 Å². The van der Waals surface area contributed by atoms with Crippen molar-refractivity contribution in [3.63, 3.8) is 0 Å². The van der Waals surface area contributed by atoms with Crippen LogP contribution in [0.1, 0.15) is 10.4 Å². The van der Waals surface area contributed by atoms with Gasteiger partial charge in [0, 0.05) is 48.9 Å².